The van der Waals surface area contributed by atoms with E-state index >= 15 is 0 Å². The van der Waals surface area contributed by atoms with Crippen molar-refractivity contribution in [3.63, 3.8) is 0 Å². The third kappa shape index (κ3) is 4.56. The highest BCUT2D eigenvalue weighted by molar-refractivity contribution is 7.07. The molecular formula is C12H17NO3S. The van der Waals surface area contributed by atoms with Gasteiger partial charge in [-0.15, -0.1) is 0 Å². The van der Waals surface area contributed by atoms with E-state index in [2.05, 4.69) is 5.32 Å². The summed E-state index contributed by atoms with van der Waals surface area (Å²) >= 11 is 1.59. The number of hydrogen-bond acceptors (Lipinski definition) is 3. The fraction of sp³-hybridized carbons (Fsp3) is 0.500. The third-order valence-electron chi connectivity index (χ3n) is 2.47. The zero-order valence-corrected chi connectivity index (χ0v) is 10.8. The minimum Gasteiger partial charge on any atom is -0.480 e. The van der Waals surface area contributed by atoms with Crippen LogP contribution in [-0.2, 0) is 16.0 Å². The molecule has 0 unspecified atom stereocenters. The maximum Gasteiger partial charge on any atom is 0.326 e. The molecule has 5 heteroatoms. The Bertz CT molecular complexity index is 373. The van der Waals surface area contributed by atoms with Crippen LogP contribution in [0.25, 0.3) is 0 Å². The van der Waals surface area contributed by atoms with E-state index in [-0.39, 0.29) is 11.8 Å². The Morgan fingerprint density at radius 2 is 2.18 bits per heavy atom. The van der Waals surface area contributed by atoms with Crippen LogP contribution in [0.2, 0.25) is 0 Å². The molecular weight excluding hydrogens is 238 g/mol. The summed E-state index contributed by atoms with van der Waals surface area (Å²) in [5.74, 6) is -1.31. The first-order valence-corrected chi connectivity index (χ1v) is 6.48. The van der Waals surface area contributed by atoms with Crippen LogP contribution < -0.4 is 5.32 Å². The predicted octanol–water partition coefficient (Wildman–Crippen LogP) is 1.91. The number of carboxylic acids is 1. The summed E-state index contributed by atoms with van der Waals surface area (Å²) in [5.41, 5.74) is 1.11. The third-order valence-corrected chi connectivity index (χ3v) is 3.20. The molecule has 17 heavy (non-hydrogen) atoms. The molecule has 4 nitrogen and oxygen atoms in total. The number of nitrogens with one attached hydrogen (secondary N) is 1. The van der Waals surface area contributed by atoms with Crippen molar-refractivity contribution >= 4 is 23.2 Å². The topological polar surface area (TPSA) is 66.4 Å². The smallest absolute Gasteiger partial charge is 0.326 e. The quantitative estimate of drug-likeness (QED) is 0.816. The molecule has 0 saturated heterocycles. The van der Waals surface area contributed by atoms with Crippen molar-refractivity contribution < 1.29 is 14.7 Å². The van der Waals surface area contributed by atoms with E-state index in [1.807, 2.05) is 16.8 Å². The van der Waals surface area contributed by atoms with E-state index in [0.717, 1.165) is 5.56 Å². The number of rotatable bonds is 6. The van der Waals surface area contributed by atoms with Crippen molar-refractivity contribution in [3.05, 3.63) is 22.4 Å². The van der Waals surface area contributed by atoms with Gasteiger partial charge in [-0.25, -0.2) is 4.79 Å². The lowest BCUT2D eigenvalue weighted by Crippen LogP contribution is -2.44. The lowest BCUT2D eigenvalue weighted by atomic mass is 10.0. The number of amides is 1. The average Bonchev–Trinajstić information content (AvgIpc) is 2.74. The monoisotopic (exact) mass is 255 g/mol. The van der Waals surface area contributed by atoms with Gasteiger partial charge in [0.05, 0.1) is 0 Å². The molecule has 0 saturated carbocycles. The average molecular weight is 255 g/mol. The van der Waals surface area contributed by atoms with Crippen LogP contribution in [0.5, 0.6) is 0 Å². The van der Waals surface area contributed by atoms with Gasteiger partial charge in [0.1, 0.15) is 6.04 Å². The zero-order chi connectivity index (χ0) is 12.8. The van der Waals surface area contributed by atoms with E-state index in [1.54, 1.807) is 25.2 Å². The molecule has 0 aliphatic heterocycles. The minimum absolute atomic E-state index is 0.113. The second kappa shape index (κ2) is 6.39. The maximum absolute atomic E-state index is 11.6. The van der Waals surface area contributed by atoms with E-state index < -0.39 is 12.0 Å². The van der Waals surface area contributed by atoms with Crippen LogP contribution in [0, 0.1) is 5.92 Å². The molecule has 1 rings (SSSR count). The van der Waals surface area contributed by atoms with Gasteiger partial charge < -0.3 is 10.4 Å². The Morgan fingerprint density at radius 1 is 1.47 bits per heavy atom. The lowest BCUT2D eigenvalue weighted by molar-refractivity contribution is -0.143. The number of aryl methyl sites for hydroxylation is 1. The highest BCUT2D eigenvalue weighted by atomic mass is 32.1. The van der Waals surface area contributed by atoms with Crippen molar-refractivity contribution in [3.8, 4) is 0 Å². The van der Waals surface area contributed by atoms with Crippen molar-refractivity contribution in [2.75, 3.05) is 0 Å². The van der Waals surface area contributed by atoms with Crippen LogP contribution in [-0.4, -0.2) is 23.0 Å². The molecule has 0 aliphatic carbocycles. The highest BCUT2D eigenvalue weighted by Crippen LogP contribution is 2.09. The summed E-state index contributed by atoms with van der Waals surface area (Å²) in [6.45, 7) is 3.55. The summed E-state index contributed by atoms with van der Waals surface area (Å²) in [6, 6.07) is 1.17. The van der Waals surface area contributed by atoms with Gasteiger partial charge in [-0.05, 0) is 34.7 Å². The van der Waals surface area contributed by atoms with Crippen molar-refractivity contribution in [1.82, 2.24) is 5.32 Å². The summed E-state index contributed by atoms with van der Waals surface area (Å²) in [6.07, 6.45) is 0.979. The number of aliphatic carboxylic acids is 1. The van der Waals surface area contributed by atoms with Crippen LogP contribution in [0.4, 0.5) is 0 Å². The number of carbonyl (C=O) groups is 2. The maximum atomic E-state index is 11.6. The molecule has 2 N–H and O–H groups in total. The summed E-state index contributed by atoms with van der Waals surface area (Å²) in [4.78, 5) is 22.5. The van der Waals surface area contributed by atoms with Crippen LogP contribution >= 0.6 is 11.3 Å². The van der Waals surface area contributed by atoms with Gasteiger partial charge in [0, 0.05) is 6.42 Å². The molecule has 0 bridgehead atoms. The second-order valence-electron chi connectivity index (χ2n) is 4.26. The Labute approximate surface area is 105 Å². The summed E-state index contributed by atoms with van der Waals surface area (Å²) in [5, 5.41) is 15.4. The molecule has 1 aromatic rings. The molecule has 0 aromatic carbocycles. The normalized spacial score (nSPS) is 12.4. The van der Waals surface area contributed by atoms with Crippen molar-refractivity contribution in [2.24, 2.45) is 5.92 Å². The van der Waals surface area contributed by atoms with Gasteiger partial charge in [-0.1, -0.05) is 13.8 Å². The summed E-state index contributed by atoms with van der Waals surface area (Å²) in [7, 11) is 0. The molecule has 94 valence electrons. The molecule has 0 radical (unpaired) electrons. The molecule has 0 aliphatic rings. The zero-order valence-electron chi connectivity index (χ0n) is 9.97. The lowest BCUT2D eigenvalue weighted by Gasteiger charge is -2.17. The van der Waals surface area contributed by atoms with E-state index in [0.29, 0.717) is 12.8 Å². The molecule has 1 aromatic heterocycles. The first-order valence-electron chi connectivity index (χ1n) is 5.54. The molecule has 0 spiro atoms. The Balaban J connectivity index is 2.40. The Morgan fingerprint density at radius 3 is 2.65 bits per heavy atom. The van der Waals surface area contributed by atoms with E-state index in [4.69, 9.17) is 5.11 Å². The molecule has 1 heterocycles. The number of thiophene rings is 1. The van der Waals surface area contributed by atoms with E-state index in [9.17, 15) is 9.59 Å². The van der Waals surface area contributed by atoms with Gasteiger partial charge in [-0.3, -0.25) is 4.79 Å². The van der Waals surface area contributed by atoms with Crippen LogP contribution in [0.1, 0.15) is 25.8 Å². The van der Waals surface area contributed by atoms with Gasteiger partial charge in [0.15, 0.2) is 0 Å². The number of hydrogen-bond donors (Lipinski definition) is 2. The minimum atomic E-state index is -0.983. The first kappa shape index (κ1) is 13.7. The van der Waals surface area contributed by atoms with Crippen LogP contribution in [0.3, 0.4) is 0 Å². The van der Waals surface area contributed by atoms with Gasteiger partial charge in [0.2, 0.25) is 5.91 Å². The Kier molecular flexibility index (Phi) is 5.15. The second-order valence-corrected chi connectivity index (χ2v) is 5.04. The Hall–Kier alpha value is -1.36. The highest BCUT2D eigenvalue weighted by Gasteiger charge is 2.22. The first-order chi connectivity index (χ1) is 8.00. The van der Waals surface area contributed by atoms with Crippen molar-refractivity contribution in [2.45, 2.75) is 32.7 Å². The number of carboxylic acid groups (broad SMARTS) is 1. The predicted molar refractivity (Wildman–Crippen MR) is 67.0 cm³/mol. The van der Waals surface area contributed by atoms with Gasteiger partial charge in [0.25, 0.3) is 0 Å². The SMILES string of the molecule is CC(C)[C@H](NC(=O)CCc1ccsc1)C(=O)O. The fourth-order valence-electron chi connectivity index (χ4n) is 1.45. The number of carbonyl (C=O) groups excluding carboxylic acids is 1. The molecule has 1 atom stereocenters. The van der Waals surface area contributed by atoms with Gasteiger partial charge in [-0.2, -0.15) is 11.3 Å². The fourth-order valence-corrected chi connectivity index (χ4v) is 2.16. The van der Waals surface area contributed by atoms with Crippen LogP contribution in [0.15, 0.2) is 16.8 Å². The summed E-state index contributed by atoms with van der Waals surface area (Å²) < 4.78 is 0. The van der Waals surface area contributed by atoms with Crippen molar-refractivity contribution in [1.29, 1.82) is 0 Å². The largest absolute Gasteiger partial charge is 0.480 e. The van der Waals surface area contributed by atoms with E-state index in [1.165, 1.54) is 0 Å². The molecule has 1 amide bonds. The standard InChI is InChI=1S/C12H17NO3S/c1-8(2)11(12(15)16)13-10(14)4-3-9-5-6-17-7-9/h5-8,11H,3-4H2,1-2H3,(H,13,14)(H,15,16)/t11-/m0/s1. The van der Waals surface area contributed by atoms with Gasteiger partial charge >= 0.3 is 5.97 Å². The molecule has 0 fully saturated rings.